The van der Waals surface area contributed by atoms with Crippen molar-refractivity contribution in [2.24, 2.45) is 0 Å². The Balaban J connectivity index is 1.46. The third kappa shape index (κ3) is 5.43. The molecule has 2 aromatic carbocycles. The Morgan fingerprint density at radius 3 is 2.79 bits per heavy atom. The molecule has 1 aliphatic heterocycles. The van der Waals surface area contributed by atoms with E-state index in [4.69, 9.17) is 9.47 Å². The molecule has 0 bridgehead atoms. The van der Waals surface area contributed by atoms with Crippen molar-refractivity contribution in [1.82, 2.24) is 10.2 Å². The van der Waals surface area contributed by atoms with Gasteiger partial charge in [0.05, 0.1) is 19.3 Å². The molecule has 2 amide bonds. The van der Waals surface area contributed by atoms with Crippen LogP contribution in [-0.2, 0) is 16.1 Å². The van der Waals surface area contributed by atoms with Crippen LogP contribution in [0.2, 0.25) is 0 Å². The maximum absolute atomic E-state index is 13.2. The lowest BCUT2D eigenvalue weighted by molar-refractivity contribution is -0.0264. The first-order valence-corrected chi connectivity index (χ1v) is 8.86. The lowest BCUT2D eigenvalue weighted by atomic mass is 10.2. The summed E-state index contributed by atoms with van der Waals surface area (Å²) in [5, 5.41) is 12.0. The van der Waals surface area contributed by atoms with E-state index in [2.05, 4.69) is 5.32 Å². The molecule has 2 aromatic rings. The maximum atomic E-state index is 13.2. The Bertz CT molecular complexity index is 828. The molecule has 0 radical (unpaired) electrons. The number of carbonyl (C=O) groups excluding carboxylic acids is 2. The molecular weight excluding hydrogens is 367 g/mol. The molecule has 8 heteroatoms. The van der Waals surface area contributed by atoms with Crippen molar-refractivity contribution in [1.29, 1.82) is 0 Å². The van der Waals surface area contributed by atoms with Crippen LogP contribution < -0.4 is 5.32 Å². The van der Waals surface area contributed by atoms with Crippen LogP contribution in [0.15, 0.2) is 48.5 Å². The molecule has 0 unspecified atom stereocenters. The van der Waals surface area contributed by atoms with Gasteiger partial charge in [-0.1, -0.05) is 12.1 Å². The number of benzene rings is 2. The van der Waals surface area contributed by atoms with E-state index < -0.39 is 6.09 Å². The Morgan fingerprint density at radius 2 is 2.04 bits per heavy atom. The van der Waals surface area contributed by atoms with Gasteiger partial charge in [-0.05, 0) is 42.0 Å². The van der Waals surface area contributed by atoms with E-state index in [9.17, 15) is 19.1 Å². The standard InChI is InChI=1S/C20H21FN2O5/c21-16-3-1-2-14(10-16)13-28-20(26)23-8-9-27-18(12-23)11-22-19(25)15-4-6-17(24)7-5-15/h1-7,10,18,24H,8-9,11-13H2,(H,22,25)/t18-/m1/s1. The molecule has 28 heavy (non-hydrogen) atoms. The van der Waals surface area contributed by atoms with Gasteiger partial charge in [-0.15, -0.1) is 0 Å². The topological polar surface area (TPSA) is 88.1 Å². The quantitative estimate of drug-likeness (QED) is 0.821. The number of amides is 2. The number of rotatable bonds is 5. The number of ether oxygens (including phenoxy) is 2. The molecule has 7 nitrogen and oxygen atoms in total. The monoisotopic (exact) mass is 388 g/mol. The van der Waals surface area contributed by atoms with Crippen molar-refractivity contribution in [3.8, 4) is 5.75 Å². The first-order valence-electron chi connectivity index (χ1n) is 8.86. The third-order valence-corrected chi connectivity index (χ3v) is 4.27. The summed E-state index contributed by atoms with van der Waals surface area (Å²) in [7, 11) is 0. The summed E-state index contributed by atoms with van der Waals surface area (Å²) in [6, 6.07) is 11.8. The summed E-state index contributed by atoms with van der Waals surface area (Å²) in [4.78, 5) is 25.9. The fourth-order valence-electron chi connectivity index (χ4n) is 2.79. The summed E-state index contributed by atoms with van der Waals surface area (Å²) in [6.45, 7) is 1.20. The number of morpholine rings is 1. The minimum atomic E-state index is -0.512. The molecule has 3 rings (SSSR count). The first-order chi connectivity index (χ1) is 13.5. The molecule has 1 atom stereocenters. The highest BCUT2D eigenvalue weighted by Gasteiger charge is 2.25. The van der Waals surface area contributed by atoms with Crippen molar-refractivity contribution in [2.45, 2.75) is 12.7 Å². The fraction of sp³-hybridized carbons (Fsp3) is 0.300. The molecule has 2 N–H and O–H groups in total. The lowest BCUT2D eigenvalue weighted by Crippen LogP contribution is -2.49. The molecule has 1 saturated heterocycles. The second kappa shape index (κ2) is 9.18. The van der Waals surface area contributed by atoms with Crippen LogP contribution in [0.3, 0.4) is 0 Å². The van der Waals surface area contributed by atoms with E-state index in [-0.39, 0.29) is 43.3 Å². The van der Waals surface area contributed by atoms with Crippen LogP contribution >= 0.6 is 0 Å². The second-order valence-corrected chi connectivity index (χ2v) is 6.38. The number of halogens is 1. The molecule has 1 fully saturated rings. The van der Waals surface area contributed by atoms with Gasteiger partial charge in [0, 0.05) is 18.7 Å². The van der Waals surface area contributed by atoms with E-state index >= 15 is 0 Å². The van der Waals surface area contributed by atoms with E-state index in [0.717, 1.165) is 0 Å². The molecule has 148 valence electrons. The number of hydrogen-bond donors (Lipinski definition) is 2. The summed E-state index contributed by atoms with van der Waals surface area (Å²) in [6.07, 6.45) is -0.876. The van der Waals surface area contributed by atoms with Crippen molar-refractivity contribution in [3.05, 3.63) is 65.5 Å². The highest BCUT2D eigenvalue weighted by atomic mass is 19.1. The van der Waals surface area contributed by atoms with E-state index in [1.54, 1.807) is 12.1 Å². The van der Waals surface area contributed by atoms with Crippen LogP contribution in [0.5, 0.6) is 5.75 Å². The predicted octanol–water partition coefficient (Wildman–Crippen LogP) is 2.30. The highest BCUT2D eigenvalue weighted by Crippen LogP contribution is 2.11. The first kappa shape index (κ1) is 19.6. The average Bonchev–Trinajstić information content (AvgIpc) is 2.71. The van der Waals surface area contributed by atoms with Gasteiger partial charge in [-0.25, -0.2) is 9.18 Å². The number of carbonyl (C=O) groups is 2. The van der Waals surface area contributed by atoms with Crippen LogP contribution in [0.4, 0.5) is 9.18 Å². The fourth-order valence-corrected chi connectivity index (χ4v) is 2.79. The van der Waals surface area contributed by atoms with Crippen LogP contribution in [0, 0.1) is 5.82 Å². The van der Waals surface area contributed by atoms with Crippen molar-refractivity contribution in [2.75, 3.05) is 26.2 Å². The van der Waals surface area contributed by atoms with Gasteiger partial charge in [0.1, 0.15) is 18.2 Å². The minimum absolute atomic E-state index is 0.0177. The number of aromatic hydroxyl groups is 1. The Kier molecular flexibility index (Phi) is 6.44. The lowest BCUT2D eigenvalue weighted by Gasteiger charge is -2.32. The van der Waals surface area contributed by atoms with E-state index in [1.165, 1.54) is 41.3 Å². The van der Waals surface area contributed by atoms with Gasteiger partial charge < -0.3 is 24.8 Å². The summed E-state index contributed by atoms with van der Waals surface area (Å²) < 4.78 is 24.0. The smallest absolute Gasteiger partial charge is 0.410 e. The molecule has 0 spiro atoms. The average molecular weight is 388 g/mol. The molecule has 0 aromatic heterocycles. The molecular formula is C20H21FN2O5. The van der Waals surface area contributed by atoms with Gasteiger partial charge in [0.2, 0.25) is 0 Å². The van der Waals surface area contributed by atoms with E-state index in [1.807, 2.05) is 0 Å². The van der Waals surface area contributed by atoms with Crippen molar-refractivity contribution < 1.29 is 28.6 Å². The highest BCUT2D eigenvalue weighted by molar-refractivity contribution is 5.94. The number of nitrogens with zero attached hydrogens (tertiary/aromatic N) is 1. The van der Waals surface area contributed by atoms with Gasteiger partial charge in [0.15, 0.2) is 0 Å². The normalized spacial score (nSPS) is 16.5. The largest absolute Gasteiger partial charge is 0.508 e. The maximum Gasteiger partial charge on any atom is 0.410 e. The van der Waals surface area contributed by atoms with Crippen LogP contribution in [0.25, 0.3) is 0 Å². The third-order valence-electron chi connectivity index (χ3n) is 4.27. The number of phenols is 1. The summed E-state index contributed by atoms with van der Waals surface area (Å²) >= 11 is 0. The SMILES string of the molecule is O=C(NC[C@@H]1CN(C(=O)OCc2cccc(F)c2)CCO1)c1ccc(O)cc1. The van der Waals surface area contributed by atoms with Gasteiger partial charge in [-0.3, -0.25) is 4.79 Å². The zero-order valence-corrected chi connectivity index (χ0v) is 15.1. The van der Waals surface area contributed by atoms with Crippen LogP contribution in [-0.4, -0.2) is 54.4 Å². The van der Waals surface area contributed by atoms with Crippen LogP contribution in [0.1, 0.15) is 15.9 Å². The summed E-state index contributed by atoms with van der Waals surface area (Å²) in [5.41, 5.74) is 0.985. The summed E-state index contributed by atoms with van der Waals surface area (Å²) in [5.74, 6) is -0.599. The molecule has 0 saturated carbocycles. The van der Waals surface area contributed by atoms with Gasteiger partial charge in [-0.2, -0.15) is 0 Å². The number of hydrogen-bond acceptors (Lipinski definition) is 5. The Morgan fingerprint density at radius 1 is 1.25 bits per heavy atom. The number of nitrogens with one attached hydrogen (secondary N) is 1. The molecule has 0 aliphatic carbocycles. The van der Waals surface area contributed by atoms with Gasteiger partial charge >= 0.3 is 6.09 Å². The predicted molar refractivity (Wildman–Crippen MR) is 98.3 cm³/mol. The molecule has 1 aliphatic rings. The van der Waals surface area contributed by atoms with Gasteiger partial charge in [0.25, 0.3) is 5.91 Å². The Hall–Kier alpha value is -3.13. The van der Waals surface area contributed by atoms with Crippen molar-refractivity contribution >= 4 is 12.0 Å². The molecule has 1 heterocycles. The van der Waals surface area contributed by atoms with Crippen molar-refractivity contribution in [3.63, 3.8) is 0 Å². The number of phenolic OH excluding ortho intramolecular Hbond substituents is 1. The zero-order chi connectivity index (χ0) is 19.9. The minimum Gasteiger partial charge on any atom is -0.508 e. The Labute approximate surface area is 161 Å². The second-order valence-electron chi connectivity index (χ2n) is 6.38. The van der Waals surface area contributed by atoms with E-state index in [0.29, 0.717) is 24.3 Å². The zero-order valence-electron chi connectivity index (χ0n) is 15.1.